The molecular weight excluding hydrogens is 395 g/mol. The summed E-state index contributed by atoms with van der Waals surface area (Å²) in [4.78, 5) is 14.9. The zero-order valence-corrected chi connectivity index (χ0v) is 17.4. The van der Waals surface area contributed by atoms with E-state index in [0.717, 1.165) is 30.8 Å². The van der Waals surface area contributed by atoms with E-state index in [1.807, 2.05) is 6.07 Å². The van der Waals surface area contributed by atoms with Crippen LogP contribution in [-0.4, -0.2) is 37.2 Å². The van der Waals surface area contributed by atoms with Crippen molar-refractivity contribution in [1.82, 2.24) is 5.32 Å². The van der Waals surface area contributed by atoms with E-state index in [-0.39, 0.29) is 11.7 Å². The number of amides is 1. The number of nitriles is 1. The summed E-state index contributed by atoms with van der Waals surface area (Å²) in [6.07, 6.45) is 2.22. The highest BCUT2D eigenvalue weighted by Crippen LogP contribution is 2.26. The Labute approximate surface area is 181 Å². The molecule has 0 unspecified atom stereocenters. The Kier molecular flexibility index (Phi) is 6.21. The summed E-state index contributed by atoms with van der Waals surface area (Å²) in [6.45, 7) is 2.53. The zero-order chi connectivity index (χ0) is 21.8. The minimum absolute atomic E-state index is 0.234. The van der Waals surface area contributed by atoms with Gasteiger partial charge in [-0.25, -0.2) is 4.39 Å². The number of nitrogens with two attached hydrogens (primary N) is 1. The molecule has 2 aliphatic heterocycles. The third kappa shape index (κ3) is 4.87. The Balaban J connectivity index is 1.40. The summed E-state index contributed by atoms with van der Waals surface area (Å²) < 4.78 is 18.5. The molecule has 2 aromatic carbocycles. The van der Waals surface area contributed by atoms with Gasteiger partial charge in [0, 0.05) is 38.4 Å². The molecule has 2 heterocycles. The van der Waals surface area contributed by atoms with Crippen LogP contribution in [0.3, 0.4) is 0 Å². The van der Waals surface area contributed by atoms with E-state index in [1.54, 1.807) is 12.1 Å². The van der Waals surface area contributed by atoms with E-state index < -0.39 is 11.6 Å². The van der Waals surface area contributed by atoms with Crippen molar-refractivity contribution < 1.29 is 13.9 Å². The number of halogens is 1. The maximum Gasteiger partial charge on any atom is 0.241 e. The second-order valence-corrected chi connectivity index (χ2v) is 8.38. The molecule has 31 heavy (non-hydrogen) atoms. The number of fused-ring (bicyclic) bond motifs is 1. The van der Waals surface area contributed by atoms with Crippen LogP contribution >= 0.6 is 0 Å². The maximum absolute atomic E-state index is 13.2. The molecule has 0 aliphatic carbocycles. The number of ether oxygens (including phenoxy) is 1. The quantitative estimate of drug-likeness (QED) is 0.772. The van der Waals surface area contributed by atoms with E-state index in [2.05, 4.69) is 28.4 Å². The van der Waals surface area contributed by atoms with Crippen molar-refractivity contribution in [2.45, 2.75) is 43.8 Å². The highest BCUT2D eigenvalue weighted by Gasteiger charge is 2.36. The molecule has 1 atom stereocenters. The van der Waals surface area contributed by atoms with E-state index in [4.69, 9.17) is 10.5 Å². The molecule has 1 saturated heterocycles. The molecule has 2 aromatic rings. The molecule has 6 nitrogen and oxygen atoms in total. The molecule has 0 radical (unpaired) electrons. The fourth-order valence-electron chi connectivity index (χ4n) is 4.23. The first-order chi connectivity index (χ1) is 15.0. The molecular formula is C24H27FN4O2. The van der Waals surface area contributed by atoms with Crippen LogP contribution in [0.15, 0.2) is 42.5 Å². The van der Waals surface area contributed by atoms with Crippen LogP contribution in [-0.2, 0) is 28.9 Å². The Bertz CT molecular complexity index is 980. The Hall–Kier alpha value is -2.95. The summed E-state index contributed by atoms with van der Waals surface area (Å²) >= 11 is 0. The first kappa shape index (κ1) is 21.3. The summed E-state index contributed by atoms with van der Waals surface area (Å²) in [5, 5.41) is 12.4. The Morgan fingerprint density at radius 1 is 1.23 bits per heavy atom. The van der Waals surface area contributed by atoms with Crippen molar-refractivity contribution in [1.29, 1.82) is 5.26 Å². The van der Waals surface area contributed by atoms with Gasteiger partial charge in [0.1, 0.15) is 11.9 Å². The average Bonchev–Trinajstić information content (AvgIpc) is 2.79. The second-order valence-electron chi connectivity index (χ2n) is 8.38. The lowest BCUT2D eigenvalue weighted by Gasteiger charge is -2.32. The molecule has 0 spiro atoms. The third-order valence-corrected chi connectivity index (χ3v) is 6.21. The topological polar surface area (TPSA) is 91.4 Å². The van der Waals surface area contributed by atoms with Crippen molar-refractivity contribution in [2.75, 3.05) is 24.7 Å². The number of nitrogens with zero attached hydrogens (tertiary/aromatic N) is 2. The van der Waals surface area contributed by atoms with Gasteiger partial charge in [-0.15, -0.1) is 0 Å². The highest BCUT2D eigenvalue weighted by molar-refractivity contribution is 5.86. The Morgan fingerprint density at radius 2 is 1.97 bits per heavy atom. The summed E-state index contributed by atoms with van der Waals surface area (Å²) in [7, 11) is 0. The van der Waals surface area contributed by atoms with Gasteiger partial charge in [0.05, 0.1) is 11.6 Å². The van der Waals surface area contributed by atoms with Crippen LogP contribution in [0.5, 0.6) is 0 Å². The maximum atomic E-state index is 13.2. The normalized spacial score (nSPS) is 18.5. The van der Waals surface area contributed by atoms with Crippen LogP contribution < -0.4 is 16.0 Å². The van der Waals surface area contributed by atoms with E-state index in [1.165, 1.54) is 23.3 Å². The lowest BCUT2D eigenvalue weighted by atomic mass is 9.89. The number of benzene rings is 2. The minimum Gasteiger partial charge on any atom is -0.381 e. The highest BCUT2D eigenvalue weighted by atomic mass is 19.1. The first-order valence-electron chi connectivity index (χ1n) is 10.7. The van der Waals surface area contributed by atoms with E-state index in [0.29, 0.717) is 32.5 Å². The smallest absolute Gasteiger partial charge is 0.241 e. The van der Waals surface area contributed by atoms with Gasteiger partial charge in [0.2, 0.25) is 5.91 Å². The largest absolute Gasteiger partial charge is 0.381 e. The van der Waals surface area contributed by atoms with Crippen molar-refractivity contribution >= 4 is 11.6 Å². The predicted molar refractivity (Wildman–Crippen MR) is 116 cm³/mol. The predicted octanol–water partition coefficient (Wildman–Crippen LogP) is 2.45. The van der Waals surface area contributed by atoms with E-state index >= 15 is 0 Å². The van der Waals surface area contributed by atoms with Crippen molar-refractivity contribution in [3.05, 3.63) is 65.0 Å². The van der Waals surface area contributed by atoms with E-state index in [9.17, 15) is 14.4 Å². The Morgan fingerprint density at radius 3 is 2.68 bits per heavy atom. The van der Waals surface area contributed by atoms with Gasteiger partial charge < -0.3 is 20.7 Å². The van der Waals surface area contributed by atoms with Crippen LogP contribution in [0.2, 0.25) is 0 Å². The zero-order valence-electron chi connectivity index (χ0n) is 17.4. The summed E-state index contributed by atoms with van der Waals surface area (Å²) in [5.41, 5.74) is 9.76. The molecule has 1 amide bonds. The number of rotatable bonds is 5. The molecule has 0 aromatic heterocycles. The van der Waals surface area contributed by atoms with Gasteiger partial charge in [-0.05, 0) is 60.2 Å². The molecule has 3 N–H and O–H groups in total. The SMILES string of the molecule is N#C[C@H](Cc1ccc2c(c1)CCN(c1ccc(F)cc1)C2)NC(=O)C1(N)CCOCC1. The van der Waals surface area contributed by atoms with Crippen molar-refractivity contribution in [3.8, 4) is 6.07 Å². The van der Waals surface area contributed by atoms with Gasteiger partial charge in [-0.3, -0.25) is 4.79 Å². The van der Waals surface area contributed by atoms with Gasteiger partial charge in [0.25, 0.3) is 0 Å². The lowest BCUT2D eigenvalue weighted by Crippen LogP contribution is -2.58. The van der Waals surface area contributed by atoms with Gasteiger partial charge in [0.15, 0.2) is 0 Å². The minimum atomic E-state index is -0.965. The number of nitrogens with one attached hydrogen (secondary N) is 1. The summed E-state index contributed by atoms with van der Waals surface area (Å²) in [6, 6.07) is 14.4. The molecule has 7 heteroatoms. The van der Waals surface area contributed by atoms with Crippen LogP contribution in [0.25, 0.3) is 0 Å². The number of anilines is 1. The third-order valence-electron chi connectivity index (χ3n) is 6.21. The molecule has 162 valence electrons. The summed E-state index contributed by atoms with van der Waals surface area (Å²) in [5.74, 6) is -0.516. The fourth-order valence-corrected chi connectivity index (χ4v) is 4.23. The molecule has 4 rings (SSSR count). The van der Waals surface area contributed by atoms with Crippen LogP contribution in [0, 0.1) is 17.1 Å². The van der Waals surface area contributed by atoms with Gasteiger partial charge in [-0.2, -0.15) is 5.26 Å². The van der Waals surface area contributed by atoms with Crippen LogP contribution in [0.4, 0.5) is 10.1 Å². The van der Waals surface area contributed by atoms with Crippen molar-refractivity contribution in [3.63, 3.8) is 0 Å². The fraction of sp³-hybridized carbons (Fsp3) is 0.417. The van der Waals surface area contributed by atoms with Crippen molar-refractivity contribution in [2.24, 2.45) is 5.73 Å². The second kappa shape index (κ2) is 9.04. The lowest BCUT2D eigenvalue weighted by molar-refractivity contribution is -0.130. The molecule has 1 fully saturated rings. The molecule has 0 bridgehead atoms. The number of hydrogen-bond acceptors (Lipinski definition) is 5. The molecule has 0 saturated carbocycles. The van der Waals surface area contributed by atoms with Crippen LogP contribution in [0.1, 0.15) is 29.5 Å². The number of carbonyl (C=O) groups excluding carboxylic acids is 1. The number of hydrogen-bond donors (Lipinski definition) is 2. The number of carbonyl (C=O) groups is 1. The average molecular weight is 423 g/mol. The standard InChI is InChI=1S/C24H27FN4O2/c25-20-3-5-22(6-4-20)29-10-7-18-13-17(1-2-19(18)16-29)14-21(15-26)28-23(30)24(27)8-11-31-12-9-24/h1-6,13,21H,7-12,14,16,27H2,(H,28,30)/t21-/m0/s1. The monoisotopic (exact) mass is 422 g/mol. The first-order valence-corrected chi connectivity index (χ1v) is 10.7. The van der Waals surface area contributed by atoms with Gasteiger partial charge in [-0.1, -0.05) is 18.2 Å². The van der Waals surface area contributed by atoms with Gasteiger partial charge >= 0.3 is 0 Å². The molecule has 2 aliphatic rings.